The summed E-state index contributed by atoms with van der Waals surface area (Å²) in [5.41, 5.74) is -0.321. The van der Waals surface area contributed by atoms with Gasteiger partial charge in [0.25, 0.3) is 5.91 Å². The maximum absolute atomic E-state index is 13.0. The summed E-state index contributed by atoms with van der Waals surface area (Å²) in [6, 6.07) is 2.68. The molecule has 0 unspecified atom stereocenters. The standard InChI is InChI=1S/C13H12F2N2O3/c1-7(2-3-16)11(13(19)20)17-12(18)8-4-9(14)6-10(15)5-8/h4-7,11H,2H2,1H3,(H,17,18)(H,19,20)/t7-,11+/m0/s1. The van der Waals surface area contributed by atoms with Crippen LogP contribution >= 0.6 is 0 Å². The fourth-order valence-corrected chi connectivity index (χ4v) is 1.62. The molecular formula is C13H12F2N2O3. The van der Waals surface area contributed by atoms with Crippen molar-refractivity contribution in [3.63, 3.8) is 0 Å². The van der Waals surface area contributed by atoms with E-state index in [9.17, 15) is 18.4 Å². The second-order valence-corrected chi connectivity index (χ2v) is 4.29. The lowest BCUT2D eigenvalue weighted by molar-refractivity contribution is -0.140. The van der Waals surface area contributed by atoms with E-state index < -0.39 is 35.5 Å². The second-order valence-electron chi connectivity index (χ2n) is 4.29. The van der Waals surface area contributed by atoms with Crippen LogP contribution in [0.3, 0.4) is 0 Å². The minimum absolute atomic E-state index is 0.0746. The van der Waals surface area contributed by atoms with Crippen LogP contribution in [0.5, 0.6) is 0 Å². The Labute approximate surface area is 113 Å². The van der Waals surface area contributed by atoms with Crippen LogP contribution < -0.4 is 5.32 Å². The van der Waals surface area contributed by atoms with Crippen molar-refractivity contribution in [3.05, 3.63) is 35.4 Å². The lowest BCUT2D eigenvalue weighted by atomic mass is 9.98. The van der Waals surface area contributed by atoms with E-state index in [2.05, 4.69) is 5.32 Å². The Morgan fingerprint density at radius 1 is 1.35 bits per heavy atom. The van der Waals surface area contributed by atoms with Gasteiger partial charge in [-0.3, -0.25) is 4.79 Å². The summed E-state index contributed by atoms with van der Waals surface area (Å²) in [7, 11) is 0. The van der Waals surface area contributed by atoms with Crippen LogP contribution in [0.25, 0.3) is 0 Å². The summed E-state index contributed by atoms with van der Waals surface area (Å²) < 4.78 is 26.0. The Bertz CT molecular complexity index is 549. The molecule has 0 aromatic heterocycles. The molecule has 0 bridgehead atoms. The number of carboxylic acids is 1. The highest BCUT2D eigenvalue weighted by Crippen LogP contribution is 2.11. The quantitative estimate of drug-likeness (QED) is 0.860. The van der Waals surface area contributed by atoms with E-state index in [1.54, 1.807) is 6.07 Å². The van der Waals surface area contributed by atoms with E-state index in [1.807, 2.05) is 0 Å². The SMILES string of the molecule is C[C@@H](CC#N)[C@@H](NC(=O)c1cc(F)cc(F)c1)C(=O)O. The van der Waals surface area contributed by atoms with Gasteiger partial charge in [0.05, 0.1) is 6.07 Å². The van der Waals surface area contributed by atoms with Crippen LogP contribution in [0.4, 0.5) is 8.78 Å². The molecule has 0 fully saturated rings. The van der Waals surface area contributed by atoms with Crippen LogP contribution in [0.1, 0.15) is 23.7 Å². The molecule has 20 heavy (non-hydrogen) atoms. The monoisotopic (exact) mass is 282 g/mol. The molecule has 1 aromatic carbocycles. The normalized spacial score (nSPS) is 13.1. The minimum Gasteiger partial charge on any atom is -0.480 e. The highest BCUT2D eigenvalue weighted by Gasteiger charge is 2.27. The molecule has 106 valence electrons. The largest absolute Gasteiger partial charge is 0.480 e. The number of halogens is 2. The lowest BCUT2D eigenvalue weighted by Crippen LogP contribution is -2.45. The van der Waals surface area contributed by atoms with Crippen LogP contribution in [-0.4, -0.2) is 23.0 Å². The van der Waals surface area contributed by atoms with Crippen molar-refractivity contribution in [2.24, 2.45) is 5.92 Å². The van der Waals surface area contributed by atoms with E-state index in [1.165, 1.54) is 6.92 Å². The van der Waals surface area contributed by atoms with Crippen LogP contribution in [-0.2, 0) is 4.79 Å². The summed E-state index contributed by atoms with van der Waals surface area (Å²) >= 11 is 0. The molecule has 1 amide bonds. The van der Waals surface area contributed by atoms with Gasteiger partial charge < -0.3 is 10.4 Å². The van der Waals surface area contributed by atoms with Gasteiger partial charge in [-0.15, -0.1) is 0 Å². The van der Waals surface area contributed by atoms with Crippen molar-refractivity contribution >= 4 is 11.9 Å². The zero-order valence-electron chi connectivity index (χ0n) is 10.6. The van der Waals surface area contributed by atoms with Gasteiger partial charge in [0, 0.05) is 24.0 Å². The molecule has 5 nitrogen and oxygen atoms in total. The van der Waals surface area contributed by atoms with E-state index in [-0.39, 0.29) is 12.0 Å². The Kier molecular flexibility index (Phi) is 5.15. The number of hydrogen-bond donors (Lipinski definition) is 2. The Morgan fingerprint density at radius 2 is 1.90 bits per heavy atom. The van der Waals surface area contributed by atoms with Gasteiger partial charge in [0.2, 0.25) is 0 Å². The zero-order chi connectivity index (χ0) is 15.3. The number of aliphatic carboxylic acids is 1. The molecule has 2 N–H and O–H groups in total. The van der Waals surface area contributed by atoms with Crippen molar-refractivity contribution in [3.8, 4) is 6.07 Å². The fourth-order valence-electron chi connectivity index (χ4n) is 1.62. The predicted molar refractivity (Wildman–Crippen MR) is 64.6 cm³/mol. The molecule has 0 radical (unpaired) electrons. The molecule has 0 heterocycles. The number of nitrogens with zero attached hydrogens (tertiary/aromatic N) is 1. The van der Waals surface area contributed by atoms with Gasteiger partial charge in [0.1, 0.15) is 17.7 Å². The third-order valence-electron chi connectivity index (χ3n) is 2.66. The molecule has 0 aliphatic rings. The average molecular weight is 282 g/mol. The van der Waals surface area contributed by atoms with Crippen molar-refractivity contribution in [2.75, 3.05) is 0 Å². The van der Waals surface area contributed by atoms with Crippen molar-refractivity contribution < 1.29 is 23.5 Å². The number of carbonyl (C=O) groups excluding carboxylic acids is 1. The van der Waals surface area contributed by atoms with E-state index in [0.29, 0.717) is 6.07 Å². The number of hydrogen-bond acceptors (Lipinski definition) is 3. The van der Waals surface area contributed by atoms with Crippen molar-refractivity contribution in [1.82, 2.24) is 5.32 Å². The molecule has 0 spiro atoms. The molecule has 0 saturated carbocycles. The zero-order valence-corrected chi connectivity index (χ0v) is 10.6. The fraction of sp³-hybridized carbons (Fsp3) is 0.308. The first kappa shape index (κ1) is 15.6. The highest BCUT2D eigenvalue weighted by molar-refractivity contribution is 5.96. The van der Waals surface area contributed by atoms with Gasteiger partial charge in [-0.05, 0) is 12.1 Å². The smallest absolute Gasteiger partial charge is 0.326 e. The van der Waals surface area contributed by atoms with Crippen molar-refractivity contribution in [2.45, 2.75) is 19.4 Å². The molecule has 0 aliphatic heterocycles. The summed E-state index contributed by atoms with van der Waals surface area (Å²) in [5, 5.41) is 19.7. The predicted octanol–water partition coefficient (Wildman–Crippen LogP) is 1.70. The van der Waals surface area contributed by atoms with E-state index in [0.717, 1.165) is 12.1 Å². The maximum atomic E-state index is 13.0. The lowest BCUT2D eigenvalue weighted by Gasteiger charge is -2.19. The molecule has 0 saturated heterocycles. The third-order valence-corrected chi connectivity index (χ3v) is 2.66. The van der Waals surface area contributed by atoms with Gasteiger partial charge in [-0.2, -0.15) is 5.26 Å². The number of benzene rings is 1. The Balaban J connectivity index is 2.91. The number of amides is 1. The first-order chi connectivity index (χ1) is 9.35. The van der Waals surface area contributed by atoms with Gasteiger partial charge in [0.15, 0.2) is 0 Å². The first-order valence-corrected chi connectivity index (χ1v) is 5.72. The average Bonchev–Trinajstić information content (AvgIpc) is 2.34. The van der Waals surface area contributed by atoms with Crippen LogP contribution in [0.2, 0.25) is 0 Å². The Hall–Kier alpha value is -2.49. The van der Waals surface area contributed by atoms with Gasteiger partial charge in [-0.25, -0.2) is 13.6 Å². The van der Waals surface area contributed by atoms with Gasteiger partial charge in [-0.1, -0.05) is 6.92 Å². The van der Waals surface area contributed by atoms with E-state index in [4.69, 9.17) is 10.4 Å². The molecular weight excluding hydrogens is 270 g/mol. The van der Waals surface area contributed by atoms with Crippen molar-refractivity contribution in [1.29, 1.82) is 5.26 Å². The number of carboxylic acid groups (broad SMARTS) is 1. The van der Waals surface area contributed by atoms with Crippen LogP contribution in [0.15, 0.2) is 18.2 Å². The van der Waals surface area contributed by atoms with Crippen LogP contribution in [0, 0.1) is 28.9 Å². The number of carbonyl (C=O) groups is 2. The second kappa shape index (κ2) is 6.61. The third kappa shape index (κ3) is 4.02. The maximum Gasteiger partial charge on any atom is 0.326 e. The molecule has 1 rings (SSSR count). The summed E-state index contributed by atoms with van der Waals surface area (Å²) in [6.07, 6.45) is -0.0746. The Morgan fingerprint density at radius 3 is 2.35 bits per heavy atom. The topological polar surface area (TPSA) is 90.2 Å². The molecule has 7 heteroatoms. The first-order valence-electron chi connectivity index (χ1n) is 5.72. The number of nitrogens with one attached hydrogen (secondary N) is 1. The highest BCUT2D eigenvalue weighted by atomic mass is 19.1. The van der Waals surface area contributed by atoms with E-state index >= 15 is 0 Å². The number of nitriles is 1. The summed E-state index contributed by atoms with van der Waals surface area (Å²) in [5.74, 6) is -4.75. The summed E-state index contributed by atoms with van der Waals surface area (Å²) in [6.45, 7) is 1.48. The summed E-state index contributed by atoms with van der Waals surface area (Å²) in [4.78, 5) is 22.8. The molecule has 0 aliphatic carbocycles. The molecule has 1 aromatic rings. The minimum atomic E-state index is -1.32. The number of rotatable bonds is 5. The molecule has 2 atom stereocenters. The van der Waals surface area contributed by atoms with Gasteiger partial charge >= 0.3 is 5.97 Å².